The molecule has 86 valence electrons. The van der Waals surface area contributed by atoms with Gasteiger partial charge in [-0.2, -0.15) is 0 Å². The molecule has 1 aliphatic carbocycles. The summed E-state index contributed by atoms with van der Waals surface area (Å²) in [7, 11) is 0. The van der Waals surface area contributed by atoms with E-state index in [1.54, 1.807) is 18.2 Å². The number of carbonyl (C=O) groups is 1. The molecule has 0 aromatic heterocycles. The molecule has 1 aliphatic rings. The Hall–Kier alpha value is -1.45. The molecule has 0 spiro atoms. The van der Waals surface area contributed by atoms with Crippen LogP contribution < -0.4 is 4.74 Å². The van der Waals surface area contributed by atoms with Gasteiger partial charge in [-0.05, 0) is 36.6 Å². The number of rotatable bonds is 3. The summed E-state index contributed by atoms with van der Waals surface area (Å²) < 4.78 is 28.8. The third kappa shape index (κ3) is 2.38. The zero-order valence-electron chi connectivity index (χ0n) is 8.71. The Bertz CT molecular complexity index is 402. The third-order valence-electron chi connectivity index (χ3n) is 2.60. The molecule has 0 atom stereocenters. The van der Waals surface area contributed by atoms with Gasteiger partial charge in [-0.1, -0.05) is 0 Å². The molecule has 0 saturated heterocycles. The Morgan fingerprint density at radius 3 is 2.88 bits per heavy atom. The number of Topliss-reactive ketones (excluding diaryl/α,β-unsaturated/α-hetero) is 1. The van der Waals surface area contributed by atoms with Crippen LogP contribution in [0.15, 0.2) is 18.2 Å². The number of alkyl halides is 2. The molecular formula is C12H12F2O2. The van der Waals surface area contributed by atoms with Gasteiger partial charge in [0.25, 0.3) is 6.43 Å². The van der Waals surface area contributed by atoms with Crippen LogP contribution in [0, 0.1) is 0 Å². The summed E-state index contributed by atoms with van der Waals surface area (Å²) in [6.07, 6.45) is -0.265. The highest BCUT2D eigenvalue weighted by molar-refractivity contribution is 5.98. The number of benzene rings is 1. The number of hydrogen-bond donors (Lipinski definition) is 0. The van der Waals surface area contributed by atoms with Gasteiger partial charge in [0.2, 0.25) is 0 Å². The van der Waals surface area contributed by atoms with E-state index in [9.17, 15) is 13.6 Å². The Kier molecular flexibility index (Phi) is 3.17. The van der Waals surface area contributed by atoms with Crippen LogP contribution in [0.4, 0.5) is 8.78 Å². The van der Waals surface area contributed by atoms with Gasteiger partial charge in [0.05, 0.1) is 0 Å². The molecule has 0 amide bonds. The van der Waals surface area contributed by atoms with Crippen molar-refractivity contribution in [2.24, 2.45) is 0 Å². The molecule has 2 rings (SSSR count). The Balaban J connectivity index is 2.15. The van der Waals surface area contributed by atoms with E-state index in [0.29, 0.717) is 17.7 Å². The maximum absolute atomic E-state index is 11.9. The summed E-state index contributed by atoms with van der Waals surface area (Å²) in [6, 6.07) is 4.93. The molecule has 0 aliphatic heterocycles. The van der Waals surface area contributed by atoms with Crippen LogP contribution in [0.5, 0.6) is 5.75 Å². The number of halogens is 2. The van der Waals surface area contributed by atoms with Gasteiger partial charge in [0.1, 0.15) is 12.4 Å². The van der Waals surface area contributed by atoms with Crippen molar-refractivity contribution in [1.29, 1.82) is 0 Å². The van der Waals surface area contributed by atoms with Crippen molar-refractivity contribution in [1.82, 2.24) is 0 Å². The van der Waals surface area contributed by atoms with E-state index in [-0.39, 0.29) is 5.78 Å². The highest BCUT2D eigenvalue weighted by Gasteiger charge is 2.17. The first kappa shape index (κ1) is 11.0. The van der Waals surface area contributed by atoms with Crippen molar-refractivity contribution in [3.63, 3.8) is 0 Å². The topological polar surface area (TPSA) is 26.3 Å². The maximum Gasteiger partial charge on any atom is 0.272 e. The number of hydrogen-bond acceptors (Lipinski definition) is 2. The molecule has 0 unspecified atom stereocenters. The van der Waals surface area contributed by atoms with Gasteiger partial charge >= 0.3 is 0 Å². The minimum Gasteiger partial charge on any atom is -0.488 e. The number of aryl methyl sites for hydroxylation is 1. The highest BCUT2D eigenvalue weighted by atomic mass is 19.3. The van der Waals surface area contributed by atoms with Gasteiger partial charge in [0.15, 0.2) is 5.78 Å². The molecule has 2 nitrogen and oxygen atoms in total. The normalized spacial score (nSPS) is 15.1. The van der Waals surface area contributed by atoms with Gasteiger partial charge in [-0.3, -0.25) is 4.79 Å². The van der Waals surface area contributed by atoms with Gasteiger partial charge < -0.3 is 4.74 Å². The molecule has 0 heterocycles. The van der Waals surface area contributed by atoms with E-state index in [1.165, 1.54) is 0 Å². The quantitative estimate of drug-likeness (QED) is 0.792. The number of fused-ring (bicyclic) bond motifs is 1. The molecule has 16 heavy (non-hydrogen) atoms. The Labute approximate surface area is 92.2 Å². The lowest BCUT2D eigenvalue weighted by molar-refractivity contribution is 0.0817. The van der Waals surface area contributed by atoms with Crippen LogP contribution in [-0.4, -0.2) is 18.8 Å². The largest absolute Gasteiger partial charge is 0.488 e. The van der Waals surface area contributed by atoms with E-state index in [1.807, 2.05) is 0 Å². The summed E-state index contributed by atoms with van der Waals surface area (Å²) in [5, 5.41) is 0. The zero-order chi connectivity index (χ0) is 11.5. The molecule has 0 fully saturated rings. The molecule has 0 radical (unpaired) electrons. The first-order valence-electron chi connectivity index (χ1n) is 5.24. The number of carbonyl (C=O) groups excluding carboxylic acids is 1. The van der Waals surface area contributed by atoms with Crippen molar-refractivity contribution >= 4 is 5.78 Å². The summed E-state index contributed by atoms with van der Waals surface area (Å²) in [5.41, 5.74) is 1.61. The van der Waals surface area contributed by atoms with Crippen molar-refractivity contribution in [3.8, 4) is 5.75 Å². The van der Waals surface area contributed by atoms with Crippen LogP contribution in [0.25, 0.3) is 0 Å². The molecule has 4 heteroatoms. The minimum absolute atomic E-state index is 0.127. The molecule has 0 N–H and O–H groups in total. The van der Waals surface area contributed by atoms with E-state index in [4.69, 9.17) is 4.74 Å². The van der Waals surface area contributed by atoms with Crippen molar-refractivity contribution in [2.75, 3.05) is 6.61 Å². The van der Waals surface area contributed by atoms with Crippen LogP contribution in [0.1, 0.15) is 28.8 Å². The van der Waals surface area contributed by atoms with E-state index in [2.05, 4.69) is 0 Å². The predicted octanol–water partition coefficient (Wildman–Crippen LogP) is 2.85. The van der Waals surface area contributed by atoms with Crippen LogP contribution >= 0.6 is 0 Å². The first-order valence-corrected chi connectivity index (χ1v) is 5.24. The average molecular weight is 226 g/mol. The van der Waals surface area contributed by atoms with Crippen molar-refractivity contribution in [3.05, 3.63) is 29.3 Å². The van der Waals surface area contributed by atoms with Gasteiger partial charge in [-0.15, -0.1) is 0 Å². The summed E-state index contributed by atoms with van der Waals surface area (Å²) in [6.45, 7) is -0.604. The van der Waals surface area contributed by atoms with E-state index in [0.717, 1.165) is 18.4 Å². The summed E-state index contributed by atoms with van der Waals surface area (Å²) >= 11 is 0. The highest BCUT2D eigenvalue weighted by Crippen LogP contribution is 2.25. The molecule has 0 bridgehead atoms. The maximum atomic E-state index is 11.9. The Morgan fingerprint density at radius 2 is 2.12 bits per heavy atom. The second kappa shape index (κ2) is 4.60. The SMILES string of the molecule is O=C1CCCc2cc(OCC(F)F)ccc21. The predicted molar refractivity (Wildman–Crippen MR) is 55.2 cm³/mol. The lowest BCUT2D eigenvalue weighted by atomic mass is 9.91. The fourth-order valence-corrected chi connectivity index (χ4v) is 1.87. The second-order valence-corrected chi connectivity index (χ2v) is 3.80. The average Bonchev–Trinajstić information content (AvgIpc) is 2.26. The minimum atomic E-state index is -2.47. The van der Waals surface area contributed by atoms with Gasteiger partial charge in [0, 0.05) is 12.0 Å². The van der Waals surface area contributed by atoms with Crippen LogP contribution in [-0.2, 0) is 6.42 Å². The lowest BCUT2D eigenvalue weighted by Gasteiger charge is -2.15. The lowest BCUT2D eigenvalue weighted by Crippen LogP contribution is -2.12. The molecule has 1 aromatic rings. The number of ether oxygens (including phenoxy) is 1. The van der Waals surface area contributed by atoms with Gasteiger partial charge in [-0.25, -0.2) is 8.78 Å². The smallest absolute Gasteiger partial charge is 0.272 e. The van der Waals surface area contributed by atoms with Crippen molar-refractivity contribution < 1.29 is 18.3 Å². The monoisotopic (exact) mass is 226 g/mol. The zero-order valence-corrected chi connectivity index (χ0v) is 8.71. The van der Waals surface area contributed by atoms with Crippen LogP contribution in [0.2, 0.25) is 0 Å². The van der Waals surface area contributed by atoms with Crippen LogP contribution in [0.3, 0.4) is 0 Å². The first-order chi connectivity index (χ1) is 7.66. The molecular weight excluding hydrogens is 214 g/mol. The third-order valence-corrected chi connectivity index (χ3v) is 2.60. The molecule has 0 saturated carbocycles. The Morgan fingerprint density at radius 1 is 1.31 bits per heavy atom. The standard InChI is InChI=1S/C12H12F2O2/c13-12(14)7-16-9-4-5-10-8(6-9)2-1-3-11(10)15/h4-6,12H,1-3,7H2. The fraction of sp³-hybridized carbons (Fsp3) is 0.417. The molecule has 1 aromatic carbocycles. The summed E-state index contributed by atoms with van der Waals surface area (Å²) in [5.74, 6) is 0.537. The van der Waals surface area contributed by atoms with E-state index < -0.39 is 13.0 Å². The van der Waals surface area contributed by atoms with Crippen molar-refractivity contribution in [2.45, 2.75) is 25.7 Å². The van der Waals surface area contributed by atoms with E-state index >= 15 is 0 Å². The number of ketones is 1. The summed E-state index contributed by atoms with van der Waals surface area (Å²) in [4.78, 5) is 11.5. The second-order valence-electron chi connectivity index (χ2n) is 3.80. The fourth-order valence-electron chi connectivity index (χ4n) is 1.87.